The van der Waals surface area contributed by atoms with Crippen LogP contribution in [0.5, 0.6) is 0 Å². The molecule has 0 spiro atoms. The summed E-state index contributed by atoms with van der Waals surface area (Å²) in [6, 6.07) is 6.01. The third kappa shape index (κ3) is 2.76. The van der Waals surface area contributed by atoms with Crippen LogP contribution in [0.3, 0.4) is 0 Å². The van der Waals surface area contributed by atoms with Gasteiger partial charge in [-0.1, -0.05) is 6.07 Å². The number of hydrogen-bond acceptors (Lipinski definition) is 3. The zero-order chi connectivity index (χ0) is 13.9. The van der Waals surface area contributed by atoms with E-state index >= 15 is 0 Å². The maximum absolute atomic E-state index is 12.2. The van der Waals surface area contributed by atoms with Crippen LogP contribution in [0.2, 0.25) is 0 Å². The molecule has 2 heterocycles. The summed E-state index contributed by atoms with van der Waals surface area (Å²) < 4.78 is 0. The van der Waals surface area contributed by atoms with E-state index in [9.17, 15) is 9.59 Å². The molecule has 1 unspecified atom stereocenters. The molecule has 106 valence electrons. The van der Waals surface area contributed by atoms with Crippen LogP contribution in [0.25, 0.3) is 0 Å². The van der Waals surface area contributed by atoms with Crippen LogP contribution in [-0.2, 0) is 16.0 Å². The summed E-state index contributed by atoms with van der Waals surface area (Å²) in [6.45, 7) is 1.42. The molecule has 20 heavy (non-hydrogen) atoms. The van der Waals surface area contributed by atoms with E-state index in [1.807, 2.05) is 12.1 Å². The number of carbonyl (C=O) groups excluding carboxylic acids is 2. The lowest BCUT2D eigenvalue weighted by Crippen LogP contribution is -2.40. The lowest BCUT2D eigenvalue weighted by molar-refractivity contribution is -0.126. The van der Waals surface area contributed by atoms with E-state index in [-0.39, 0.29) is 17.7 Å². The minimum absolute atomic E-state index is 0.0132. The second-order valence-corrected chi connectivity index (χ2v) is 5.43. The molecular formula is C15H19N3O2. The normalized spacial score (nSPS) is 21.4. The SMILES string of the molecule is O=C1CCC(C(=O)Nc2ccc3c(c2)NCCC3)CN1. The van der Waals surface area contributed by atoms with Crippen molar-refractivity contribution in [1.29, 1.82) is 0 Å². The molecule has 5 heteroatoms. The predicted molar refractivity (Wildman–Crippen MR) is 77.6 cm³/mol. The van der Waals surface area contributed by atoms with E-state index in [4.69, 9.17) is 0 Å². The number of anilines is 2. The quantitative estimate of drug-likeness (QED) is 0.765. The van der Waals surface area contributed by atoms with Crippen LogP contribution in [0.4, 0.5) is 11.4 Å². The Morgan fingerprint density at radius 3 is 2.95 bits per heavy atom. The highest BCUT2D eigenvalue weighted by atomic mass is 16.2. The maximum atomic E-state index is 12.2. The molecule has 0 bridgehead atoms. The largest absolute Gasteiger partial charge is 0.385 e. The molecule has 0 aromatic heterocycles. The molecule has 1 aromatic rings. The fourth-order valence-corrected chi connectivity index (χ4v) is 2.74. The van der Waals surface area contributed by atoms with E-state index in [1.165, 1.54) is 5.56 Å². The first-order valence-corrected chi connectivity index (χ1v) is 7.17. The van der Waals surface area contributed by atoms with Gasteiger partial charge in [0.1, 0.15) is 0 Å². The number of hydrogen-bond donors (Lipinski definition) is 3. The van der Waals surface area contributed by atoms with Gasteiger partial charge in [0.2, 0.25) is 11.8 Å². The molecule has 2 amide bonds. The number of aryl methyl sites for hydroxylation is 1. The zero-order valence-electron chi connectivity index (χ0n) is 11.4. The van der Waals surface area contributed by atoms with Gasteiger partial charge in [0, 0.05) is 30.9 Å². The van der Waals surface area contributed by atoms with Crippen molar-refractivity contribution < 1.29 is 9.59 Å². The first-order valence-electron chi connectivity index (χ1n) is 7.17. The van der Waals surface area contributed by atoms with Crippen LogP contribution >= 0.6 is 0 Å². The summed E-state index contributed by atoms with van der Waals surface area (Å²) in [4.78, 5) is 23.3. The monoisotopic (exact) mass is 273 g/mol. The second kappa shape index (κ2) is 5.53. The number of piperidine rings is 1. The summed E-state index contributed by atoms with van der Waals surface area (Å²) in [6.07, 6.45) is 3.30. The second-order valence-electron chi connectivity index (χ2n) is 5.43. The topological polar surface area (TPSA) is 70.2 Å². The summed E-state index contributed by atoms with van der Waals surface area (Å²) >= 11 is 0. The Balaban J connectivity index is 1.65. The maximum Gasteiger partial charge on any atom is 0.229 e. The predicted octanol–water partition coefficient (Wildman–Crippen LogP) is 1.51. The van der Waals surface area contributed by atoms with Crippen LogP contribution in [0.1, 0.15) is 24.8 Å². The molecule has 1 saturated heterocycles. The van der Waals surface area contributed by atoms with Gasteiger partial charge < -0.3 is 16.0 Å². The van der Waals surface area contributed by atoms with Crippen LogP contribution in [0, 0.1) is 5.92 Å². The third-order valence-corrected chi connectivity index (χ3v) is 3.95. The first kappa shape index (κ1) is 13.0. The lowest BCUT2D eigenvalue weighted by atomic mass is 9.98. The Hall–Kier alpha value is -2.04. The summed E-state index contributed by atoms with van der Waals surface area (Å²) in [5.74, 6) is -0.107. The minimum Gasteiger partial charge on any atom is -0.385 e. The van der Waals surface area contributed by atoms with Crippen molar-refractivity contribution in [1.82, 2.24) is 5.32 Å². The van der Waals surface area contributed by atoms with Crippen molar-refractivity contribution in [3.8, 4) is 0 Å². The molecular weight excluding hydrogens is 254 g/mol. The molecule has 3 N–H and O–H groups in total. The number of amides is 2. The molecule has 3 rings (SSSR count). The molecule has 2 aliphatic rings. The van der Waals surface area contributed by atoms with Crippen molar-refractivity contribution >= 4 is 23.2 Å². The average molecular weight is 273 g/mol. The summed E-state index contributed by atoms with van der Waals surface area (Å²) in [5.41, 5.74) is 3.24. The standard InChI is InChI=1S/C15H19N3O2/c19-14-6-4-11(9-17-14)15(20)18-12-5-3-10-2-1-7-16-13(10)8-12/h3,5,8,11,16H,1-2,4,6-7,9H2,(H,17,19)(H,18,20). The lowest BCUT2D eigenvalue weighted by Gasteiger charge is -2.22. The fourth-order valence-electron chi connectivity index (χ4n) is 2.74. The fraction of sp³-hybridized carbons (Fsp3) is 0.467. The van der Waals surface area contributed by atoms with Crippen molar-refractivity contribution in [2.24, 2.45) is 5.92 Å². The van der Waals surface area contributed by atoms with Gasteiger partial charge in [-0.15, -0.1) is 0 Å². The zero-order valence-corrected chi connectivity index (χ0v) is 11.4. The van der Waals surface area contributed by atoms with Gasteiger partial charge >= 0.3 is 0 Å². The van der Waals surface area contributed by atoms with Gasteiger partial charge in [-0.2, -0.15) is 0 Å². The minimum atomic E-state index is -0.128. The highest BCUT2D eigenvalue weighted by Gasteiger charge is 2.24. The molecule has 1 aromatic carbocycles. The van der Waals surface area contributed by atoms with Gasteiger partial charge in [-0.25, -0.2) is 0 Å². The molecule has 0 radical (unpaired) electrons. The summed E-state index contributed by atoms with van der Waals surface area (Å²) in [7, 11) is 0. The Labute approximate surface area is 118 Å². The smallest absolute Gasteiger partial charge is 0.229 e. The Morgan fingerprint density at radius 1 is 1.25 bits per heavy atom. The van der Waals surface area contributed by atoms with Crippen molar-refractivity contribution in [3.63, 3.8) is 0 Å². The van der Waals surface area contributed by atoms with Gasteiger partial charge in [-0.3, -0.25) is 9.59 Å². The number of benzene rings is 1. The molecule has 0 saturated carbocycles. The van der Waals surface area contributed by atoms with Crippen LogP contribution in [0.15, 0.2) is 18.2 Å². The molecule has 1 atom stereocenters. The number of rotatable bonds is 2. The van der Waals surface area contributed by atoms with E-state index in [1.54, 1.807) is 0 Å². The first-order chi connectivity index (χ1) is 9.72. The number of carbonyl (C=O) groups is 2. The number of nitrogens with one attached hydrogen (secondary N) is 3. The average Bonchev–Trinajstić information content (AvgIpc) is 2.48. The Kier molecular flexibility index (Phi) is 3.58. The highest BCUT2D eigenvalue weighted by Crippen LogP contribution is 2.26. The Bertz CT molecular complexity index is 532. The van der Waals surface area contributed by atoms with Crippen molar-refractivity contribution in [3.05, 3.63) is 23.8 Å². The highest BCUT2D eigenvalue weighted by molar-refractivity contribution is 5.94. The van der Waals surface area contributed by atoms with Gasteiger partial charge in [0.15, 0.2) is 0 Å². The van der Waals surface area contributed by atoms with E-state index in [0.717, 1.165) is 30.8 Å². The third-order valence-electron chi connectivity index (χ3n) is 3.95. The van der Waals surface area contributed by atoms with E-state index in [0.29, 0.717) is 19.4 Å². The Morgan fingerprint density at radius 2 is 2.15 bits per heavy atom. The van der Waals surface area contributed by atoms with E-state index in [2.05, 4.69) is 22.0 Å². The van der Waals surface area contributed by atoms with Gasteiger partial charge in [0.25, 0.3) is 0 Å². The van der Waals surface area contributed by atoms with Crippen molar-refractivity contribution in [2.75, 3.05) is 23.7 Å². The van der Waals surface area contributed by atoms with E-state index < -0.39 is 0 Å². The molecule has 0 aliphatic carbocycles. The van der Waals surface area contributed by atoms with Crippen molar-refractivity contribution in [2.45, 2.75) is 25.7 Å². The van der Waals surface area contributed by atoms with Gasteiger partial charge in [0.05, 0.1) is 5.92 Å². The molecule has 5 nitrogen and oxygen atoms in total. The molecule has 1 fully saturated rings. The van der Waals surface area contributed by atoms with Gasteiger partial charge in [-0.05, 0) is 37.0 Å². The van der Waals surface area contributed by atoms with Crippen LogP contribution < -0.4 is 16.0 Å². The number of fused-ring (bicyclic) bond motifs is 1. The summed E-state index contributed by atoms with van der Waals surface area (Å²) in [5, 5.41) is 9.04. The molecule has 2 aliphatic heterocycles. The van der Waals surface area contributed by atoms with Crippen LogP contribution in [-0.4, -0.2) is 24.9 Å².